The standard InChI is InChI=1S/C29H31N3O4S/c1-17(2)27(31-25(33)14-20-9-6-8-19-7-4-5-10-21(19)20)29(35)36-16-26(34)32-28-23(15-30)22-12-11-18(3)13-24(22)37-28/h4-10,17-18,27H,11-14,16H2,1-3H3,(H,31,33)(H,32,34)/t18-,27+/m1/s1. The summed E-state index contributed by atoms with van der Waals surface area (Å²) in [7, 11) is 0. The van der Waals surface area contributed by atoms with Crippen LogP contribution in [0, 0.1) is 23.2 Å². The summed E-state index contributed by atoms with van der Waals surface area (Å²) in [6.45, 7) is 5.30. The van der Waals surface area contributed by atoms with Gasteiger partial charge in [-0.2, -0.15) is 5.26 Å². The van der Waals surface area contributed by atoms with E-state index < -0.39 is 24.5 Å². The number of nitrogens with one attached hydrogen (secondary N) is 2. The molecule has 2 N–H and O–H groups in total. The molecule has 0 spiro atoms. The van der Waals surface area contributed by atoms with Crippen LogP contribution in [0.1, 0.15) is 48.8 Å². The van der Waals surface area contributed by atoms with Crippen molar-refractivity contribution in [1.29, 1.82) is 5.26 Å². The molecule has 2 amide bonds. The molecule has 1 heterocycles. The van der Waals surface area contributed by atoms with Crippen molar-refractivity contribution in [2.45, 2.75) is 52.5 Å². The van der Waals surface area contributed by atoms with Crippen molar-refractivity contribution in [2.24, 2.45) is 11.8 Å². The second-order valence-corrected chi connectivity index (χ2v) is 11.0. The van der Waals surface area contributed by atoms with Crippen molar-refractivity contribution in [1.82, 2.24) is 5.32 Å². The molecule has 0 bridgehead atoms. The molecule has 8 heteroatoms. The molecule has 0 fully saturated rings. The van der Waals surface area contributed by atoms with Gasteiger partial charge < -0.3 is 15.4 Å². The lowest BCUT2D eigenvalue weighted by Crippen LogP contribution is -2.46. The van der Waals surface area contributed by atoms with Crippen LogP contribution < -0.4 is 10.6 Å². The molecule has 4 rings (SSSR count). The number of benzene rings is 2. The summed E-state index contributed by atoms with van der Waals surface area (Å²) in [4.78, 5) is 39.3. The normalized spacial score (nSPS) is 15.5. The fourth-order valence-electron chi connectivity index (χ4n) is 4.69. The van der Waals surface area contributed by atoms with E-state index in [1.807, 2.05) is 42.5 Å². The Kier molecular flexibility index (Phi) is 8.24. The van der Waals surface area contributed by atoms with Crippen LogP contribution in [0.25, 0.3) is 10.8 Å². The van der Waals surface area contributed by atoms with Crippen molar-refractivity contribution in [3.8, 4) is 6.07 Å². The lowest BCUT2D eigenvalue weighted by molar-refractivity contribution is -0.151. The summed E-state index contributed by atoms with van der Waals surface area (Å²) in [5.41, 5.74) is 2.39. The van der Waals surface area contributed by atoms with Crippen LogP contribution in [0.2, 0.25) is 0 Å². The predicted octanol–water partition coefficient (Wildman–Crippen LogP) is 4.76. The van der Waals surface area contributed by atoms with Crippen LogP contribution in [0.15, 0.2) is 42.5 Å². The van der Waals surface area contributed by atoms with Crippen LogP contribution >= 0.6 is 11.3 Å². The molecular formula is C29H31N3O4S. The average molecular weight is 518 g/mol. The van der Waals surface area contributed by atoms with Gasteiger partial charge in [-0.25, -0.2) is 4.79 Å². The summed E-state index contributed by atoms with van der Waals surface area (Å²) in [6, 6.07) is 14.9. The zero-order valence-corrected chi connectivity index (χ0v) is 22.1. The molecule has 1 aliphatic carbocycles. The van der Waals surface area contributed by atoms with Crippen molar-refractivity contribution in [3.63, 3.8) is 0 Å². The van der Waals surface area contributed by atoms with Gasteiger partial charge in [0.2, 0.25) is 5.91 Å². The Morgan fingerprint density at radius 2 is 1.89 bits per heavy atom. The third-order valence-electron chi connectivity index (χ3n) is 6.69. The summed E-state index contributed by atoms with van der Waals surface area (Å²) in [6.07, 6.45) is 2.87. The van der Waals surface area contributed by atoms with Gasteiger partial charge in [-0.1, -0.05) is 63.2 Å². The molecule has 0 unspecified atom stereocenters. The first-order valence-corrected chi connectivity index (χ1v) is 13.4. The predicted molar refractivity (Wildman–Crippen MR) is 144 cm³/mol. The van der Waals surface area contributed by atoms with E-state index in [-0.39, 0.29) is 18.2 Å². The average Bonchev–Trinajstić information content (AvgIpc) is 3.21. The van der Waals surface area contributed by atoms with Gasteiger partial charge in [-0.3, -0.25) is 9.59 Å². The quantitative estimate of drug-likeness (QED) is 0.419. The van der Waals surface area contributed by atoms with Crippen molar-refractivity contribution in [3.05, 3.63) is 64.0 Å². The number of hydrogen-bond donors (Lipinski definition) is 2. The molecule has 7 nitrogen and oxygen atoms in total. The van der Waals surface area contributed by atoms with Crippen LogP contribution in [-0.2, 0) is 38.4 Å². The van der Waals surface area contributed by atoms with Gasteiger partial charge in [-0.05, 0) is 53.0 Å². The van der Waals surface area contributed by atoms with E-state index in [0.29, 0.717) is 16.5 Å². The van der Waals surface area contributed by atoms with Gasteiger partial charge in [0.1, 0.15) is 17.1 Å². The number of anilines is 1. The zero-order chi connectivity index (χ0) is 26.5. The molecule has 37 heavy (non-hydrogen) atoms. The van der Waals surface area contributed by atoms with E-state index in [1.165, 1.54) is 11.3 Å². The largest absolute Gasteiger partial charge is 0.454 e. The highest BCUT2D eigenvalue weighted by Gasteiger charge is 2.28. The number of rotatable bonds is 8. The highest BCUT2D eigenvalue weighted by molar-refractivity contribution is 7.16. The molecule has 192 valence electrons. The van der Waals surface area contributed by atoms with Gasteiger partial charge in [0, 0.05) is 4.88 Å². The Hall–Kier alpha value is -3.70. The maximum Gasteiger partial charge on any atom is 0.329 e. The van der Waals surface area contributed by atoms with E-state index in [2.05, 4.69) is 23.6 Å². The van der Waals surface area contributed by atoms with Gasteiger partial charge >= 0.3 is 5.97 Å². The number of fused-ring (bicyclic) bond motifs is 2. The van der Waals surface area contributed by atoms with Crippen LogP contribution in [0.4, 0.5) is 5.00 Å². The molecule has 0 saturated heterocycles. The summed E-state index contributed by atoms with van der Waals surface area (Å²) in [5, 5.41) is 17.7. The number of hydrogen-bond acceptors (Lipinski definition) is 6. The molecule has 2 atom stereocenters. The lowest BCUT2D eigenvalue weighted by atomic mass is 9.89. The number of nitrogens with zero attached hydrogens (tertiary/aromatic N) is 1. The number of carbonyl (C=O) groups excluding carboxylic acids is 3. The van der Waals surface area contributed by atoms with Crippen molar-refractivity contribution >= 4 is 44.9 Å². The molecule has 1 aliphatic rings. The van der Waals surface area contributed by atoms with E-state index in [0.717, 1.165) is 46.0 Å². The van der Waals surface area contributed by atoms with Gasteiger partial charge in [-0.15, -0.1) is 11.3 Å². The van der Waals surface area contributed by atoms with Crippen LogP contribution in [-0.4, -0.2) is 30.4 Å². The summed E-state index contributed by atoms with van der Waals surface area (Å²) in [5.74, 6) is -1.17. The van der Waals surface area contributed by atoms with Gasteiger partial charge in [0.15, 0.2) is 6.61 Å². The van der Waals surface area contributed by atoms with Gasteiger partial charge in [0.25, 0.3) is 5.91 Å². The van der Waals surface area contributed by atoms with E-state index >= 15 is 0 Å². The fourth-order valence-corrected chi connectivity index (χ4v) is 6.07. The second kappa shape index (κ2) is 11.6. The minimum Gasteiger partial charge on any atom is -0.454 e. The molecule has 2 aromatic carbocycles. The topological polar surface area (TPSA) is 108 Å². The summed E-state index contributed by atoms with van der Waals surface area (Å²) < 4.78 is 5.27. The Morgan fingerprint density at radius 3 is 2.65 bits per heavy atom. The number of nitriles is 1. The highest BCUT2D eigenvalue weighted by atomic mass is 32.1. The Balaban J connectivity index is 1.35. The minimum absolute atomic E-state index is 0.122. The third-order valence-corrected chi connectivity index (χ3v) is 7.86. The summed E-state index contributed by atoms with van der Waals surface area (Å²) >= 11 is 1.42. The maximum atomic E-state index is 12.8. The Labute approximate surface area is 220 Å². The molecule has 1 aromatic heterocycles. The maximum absolute atomic E-state index is 12.8. The molecule has 0 radical (unpaired) electrons. The van der Waals surface area contributed by atoms with Crippen molar-refractivity contribution in [2.75, 3.05) is 11.9 Å². The monoisotopic (exact) mass is 517 g/mol. The SMILES string of the molecule is CC(C)[C@H](NC(=O)Cc1cccc2ccccc12)C(=O)OCC(=O)Nc1sc2c(c1C#N)CC[C@@H](C)C2. The van der Waals surface area contributed by atoms with E-state index in [9.17, 15) is 19.6 Å². The van der Waals surface area contributed by atoms with E-state index in [1.54, 1.807) is 13.8 Å². The third kappa shape index (κ3) is 6.17. The van der Waals surface area contributed by atoms with Gasteiger partial charge in [0.05, 0.1) is 12.0 Å². The second-order valence-electron chi connectivity index (χ2n) is 9.93. The zero-order valence-electron chi connectivity index (χ0n) is 21.3. The smallest absolute Gasteiger partial charge is 0.329 e. The molecule has 0 aliphatic heterocycles. The fraction of sp³-hybridized carbons (Fsp3) is 0.379. The van der Waals surface area contributed by atoms with Crippen LogP contribution in [0.3, 0.4) is 0 Å². The number of ether oxygens (including phenoxy) is 1. The number of thiophene rings is 1. The van der Waals surface area contributed by atoms with Crippen molar-refractivity contribution < 1.29 is 19.1 Å². The Bertz CT molecular complexity index is 1370. The van der Waals surface area contributed by atoms with E-state index in [4.69, 9.17) is 4.74 Å². The molecule has 3 aromatic rings. The molecular weight excluding hydrogens is 486 g/mol. The number of esters is 1. The first-order valence-electron chi connectivity index (χ1n) is 12.5. The molecule has 0 saturated carbocycles. The van der Waals surface area contributed by atoms with Crippen LogP contribution in [0.5, 0.6) is 0 Å². The first kappa shape index (κ1) is 26.4. The highest BCUT2D eigenvalue weighted by Crippen LogP contribution is 2.39. The first-order chi connectivity index (χ1) is 17.8. The number of amides is 2. The Morgan fingerprint density at radius 1 is 1.14 bits per heavy atom. The minimum atomic E-state index is -0.888. The lowest BCUT2D eigenvalue weighted by Gasteiger charge is -2.21. The number of carbonyl (C=O) groups is 3.